The molecule has 0 radical (unpaired) electrons. The van der Waals surface area contributed by atoms with E-state index in [0.717, 1.165) is 88.6 Å². The normalized spacial score (nSPS) is 43.6. The first kappa shape index (κ1) is 54.4. The van der Waals surface area contributed by atoms with Crippen molar-refractivity contribution in [1.82, 2.24) is 19.5 Å². The van der Waals surface area contributed by atoms with Gasteiger partial charge in [-0.25, -0.2) is 9.97 Å². The van der Waals surface area contributed by atoms with Crippen molar-refractivity contribution in [3.63, 3.8) is 0 Å². The Labute approximate surface area is 414 Å². The van der Waals surface area contributed by atoms with Crippen LogP contribution in [0.2, 0.25) is 0 Å². The molecule has 0 saturated heterocycles. The highest BCUT2D eigenvalue weighted by atomic mass is 79.9. The average molecular weight is 998 g/mol. The minimum atomic E-state index is -0.520. The lowest BCUT2D eigenvalue weighted by molar-refractivity contribution is -0.175. The van der Waals surface area contributed by atoms with Crippen LogP contribution in [0.25, 0.3) is 0 Å². The van der Waals surface area contributed by atoms with E-state index in [9.17, 15) is 19.8 Å². The number of aromatic nitrogens is 4. The second kappa shape index (κ2) is 21.0. The molecule has 11 heteroatoms. The van der Waals surface area contributed by atoms with Crippen molar-refractivity contribution < 1.29 is 29.3 Å². The zero-order valence-electron chi connectivity index (χ0n) is 41.4. The summed E-state index contributed by atoms with van der Waals surface area (Å²) in [7, 11) is 3.72. The SMILES string of the molecule is C.C.COC[C@]12CC[C@@](C)(O)C[C@H]1CC[C@H]1[C@@H]3CC[C@H](C(=O)CBr)[C@@]3(C)CC[C@@H]12.COC[C@]12CC[C@@](C)(O)C[C@H]1CC[C@H]1[C@@H]3CC[C@H](C(=O)Cn4ccnc4C)[C@@]3(C)CC[C@@H]12.Cc1ncc[nH]1. The molecule has 0 bridgehead atoms. The summed E-state index contributed by atoms with van der Waals surface area (Å²) in [5.74, 6) is 8.50. The third kappa shape index (κ3) is 10.0. The predicted octanol–water partition coefficient (Wildman–Crippen LogP) is 11.8. The van der Waals surface area contributed by atoms with E-state index in [-0.39, 0.29) is 48.3 Å². The molecule has 67 heavy (non-hydrogen) atoms. The molecule has 0 spiro atoms. The van der Waals surface area contributed by atoms with Crippen LogP contribution in [0, 0.1) is 94.7 Å². The van der Waals surface area contributed by atoms with Gasteiger partial charge >= 0.3 is 0 Å². The van der Waals surface area contributed by atoms with Crippen molar-refractivity contribution in [3.05, 3.63) is 36.4 Å². The number of aliphatic hydroxyl groups is 2. The Morgan fingerprint density at radius 2 is 1.16 bits per heavy atom. The number of hydrogen-bond donors (Lipinski definition) is 3. The van der Waals surface area contributed by atoms with E-state index in [0.29, 0.717) is 64.9 Å². The third-order valence-electron chi connectivity index (χ3n) is 20.9. The molecular formula is C56H93BrN4O6. The van der Waals surface area contributed by atoms with Crippen LogP contribution >= 0.6 is 15.9 Å². The van der Waals surface area contributed by atoms with Gasteiger partial charge in [-0.2, -0.15) is 0 Å². The highest BCUT2D eigenvalue weighted by Gasteiger charge is 2.65. The van der Waals surface area contributed by atoms with Crippen LogP contribution < -0.4 is 0 Å². The molecule has 0 amide bonds. The number of Topliss-reactive ketones (excluding diaryl/α,β-unsaturated/α-hetero) is 2. The molecule has 3 N–H and O–H groups in total. The summed E-state index contributed by atoms with van der Waals surface area (Å²) < 4.78 is 13.7. The van der Waals surface area contributed by atoms with E-state index in [1.165, 1.54) is 57.8 Å². The summed E-state index contributed by atoms with van der Waals surface area (Å²) in [5, 5.41) is 22.1. The number of hydrogen-bond acceptors (Lipinski definition) is 8. The molecule has 8 aliphatic rings. The van der Waals surface area contributed by atoms with Gasteiger partial charge in [0.2, 0.25) is 0 Å². The molecule has 2 aromatic rings. The van der Waals surface area contributed by atoms with E-state index in [4.69, 9.17) is 9.47 Å². The fourth-order valence-corrected chi connectivity index (χ4v) is 18.3. The van der Waals surface area contributed by atoms with Crippen LogP contribution in [0.15, 0.2) is 24.8 Å². The molecule has 2 aromatic heterocycles. The molecule has 10 nitrogen and oxygen atoms in total. The molecule has 2 heterocycles. The largest absolute Gasteiger partial charge is 0.390 e. The number of imidazole rings is 2. The zero-order chi connectivity index (χ0) is 46.6. The van der Waals surface area contributed by atoms with Crippen LogP contribution in [-0.4, -0.2) is 85.3 Å². The van der Waals surface area contributed by atoms with Crippen LogP contribution in [0.1, 0.15) is 170 Å². The molecule has 10 rings (SSSR count). The minimum Gasteiger partial charge on any atom is -0.390 e. The summed E-state index contributed by atoms with van der Waals surface area (Å²) in [6.45, 7) is 15.0. The number of nitrogens with one attached hydrogen (secondary N) is 1. The number of aromatic amines is 1. The van der Waals surface area contributed by atoms with Crippen molar-refractivity contribution in [1.29, 1.82) is 0 Å². The van der Waals surface area contributed by atoms with Crippen molar-refractivity contribution >= 4 is 27.5 Å². The van der Waals surface area contributed by atoms with Gasteiger partial charge in [-0.3, -0.25) is 9.59 Å². The van der Waals surface area contributed by atoms with Gasteiger partial charge < -0.3 is 29.2 Å². The van der Waals surface area contributed by atoms with Gasteiger partial charge in [0, 0.05) is 50.8 Å². The number of ether oxygens (including phenoxy) is 2. The number of carbonyl (C=O) groups is 2. The molecule has 0 unspecified atom stereocenters. The topological polar surface area (TPSA) is 140 Å². The lowest BCUT2D eigenvalue weighted by Crippen LogP contribution is -2.58. The van der Waals surface area contributed by atoms with Crippen molar-refractivity contribution in [2.75, 3.05) is 32.8 Å². The quantitative estimate of drug-likeness (QED) is 0.211. The Kier molecular flexibility index (Phi) is 17.1. The number of carbonyl (C=O) groups excluding carboxylic acids is 2. The number of halogens is 1. The Morgan fingerprint density at radius 1 is 0.672 bits per heavy atom. The average Bonchev–Trinajstić information content (AvgIpc) is 4.07. The van der Waals surface area contributed by atoms with Crippen molar-refractivity contribution in [3.8, 4) is 0 Å². The molecule has 16 atom stereocenters. The van der Waals surface area contributed by atoms with Gasteiger partial charge in [0.1, 0.15) is 17.4 Å². The standard InChI is InChI=1S/C27H42N2O3.C23H37BrO3.C4H6N2.2CH4/c1-18-28-13-14-29(18)16-24(30)23-8-7-21-20-6-5-19-15-25(2,31)11-12-27(19,17-32-4)22(20)9-10-26(21,23)3;1-21(26)10-11-23(14-27-3)15(12-21)4-5-16-17-6-7-19(20(25)13-24)22(17,2)9-8-18(16)23;1-4-5-2-3-6-4;;/h13-14,19-23,31H,5-12,15-17H2,1-4H3;15-19,26H,4-14H2,1-3H3;2-3H,1H3,(H,5,6);2*1H4/t19-,20+,21+,22+,23-,25-,26+,27-;15-,16+,17+,18+,19-,21-,22+,23-;;;/m11.../s1. The summed E-state index contributed by atoms with van der Waals surface area (Å²) in [6.07, 6.45) is 27.5. The van der Waals surface area contributed by atoms with E-state index >= 15 is 0 Å². The van der Waals surface area contributed by atoms with Gasteiger partial charge in [0.25, 0.3) is 0 Å². The van der Waals surface area contributed by atoms with Gasteiger partial charge in [0.05, 0.1) is 36.3 Å². The zero-order valence-corrected chi connectivity index (χ0v) is 43.0. The number of fused-ring (bicyclic) bond motifs is 10. The maximum Gasteiger partial charge on any atom is 0.156 e. The first-order valence-electron chi connectivity index (χ1n) is 25.8. The molecule has 380 valence electrons. The second-order valence-corrected chi connectivity index (χ2v) is 24.8. The van der Waals surface area contributed by atoms with Gasteiger partial charge in [-0.05, 0) is 212 Å². The molecule has 0 aromatic carbocycles. The first-order chi connectivity index (χ1) is 30.9. The number of aryl methyl sites for hydroxylation is 2. The summed E-state index contributed by atoms with van der Waals surface area (Å²) in [6, 6.07) is 0. The van der Waals surface area contributed by atoms with E-state index in [2.05, 4.69) is 44.7 Å². The molecule has 8 saturated carbocycles. The summed E-state index contributed by atoms with van der Waals surface area (Å²) in [5.41, 5.74) is -0.218. The van der Waals surface area contributed by atoms with Gasteiger partial charge in [-0.1, -0.05) is 44.6 Å². The maximum absolute atomic E-state index is 13.5. The van der Waals surface area contributed by atoms with Gasteiger partial charge in [-0.15, -0.1) is 0 Å². The second-order valence-electron chi connectivity index (χ2n) is 24.2. The number of nitrogens with zero attached hydrogens (tertiary/aromatic N) is 3. The van der Waals surface area contributed by atoms with Crippen LogP contribution in [-0.2, 0) is 25.6 Å². The number of alkyl halides is 1. The molecule has 8 fully saturated rings. The van der Waals surface area contributed by atoms with Crippen molar-refractivity contribution in [2.24, 2.45) is 80.8 Å². The highest BCUT2D eigenvalue weighted by Crippen LogP contribution is 2.70. The lowest BCUT2D eigenvalue weighted by atomic mass is 9.43. The fraction of sp³-hybridized carbons (Fsp3) is 0.857. The van der Waals surface area contributed by atoms with Crippen LogP contribution in [0.3, 0.4) is 0 Å². The maximum atomic E-state index is 13.5. The van der Waals surface area contributed by atoms with Crippen molar-refractivity contribution in [2.45, 2.75) is 190 Å². The van der Waals surface area contributed by atoms with Crippen LogP contribution in [0.5, 0.6) is 0 Å². The third-order valence-corrected chi connectivity index (χ3v) is 21.5. The summed E-state index contributed by atoms with van der Waals surface area (Å²) >= 11 is 3.43. The first-order valence-corrected chi connectivity index (χ1v) is 27.0. The monoisotopic (exact) mass is 997 g/mol. The van der Waals surface area contributed by atoms with Gasteiger partial charge in [0.15, 0.2) is 5.78 Å². The number of methoxy groups -OCH3 is 2. The highest BCUT2D eigenvalue weighted by molar-refractivity contribution is 9.09. The molecule has 0 aliphatic heterocycles. The Hall–Kier alpha value is -1.92. The summed E-state index contributed by atoms with van der Waals surface area (Å²) in [4.78, 5) is 37.1. The Morgan fingerprint density at radius 3 is 1.55 bits per heavy atom. The molecular weight excluding hydrogens is 905 g/mol. The lowest BCUT2D eigenvalue weighted by Gasteiger charge is -2.62. The van der Waals surface area contributed by atoms with E-state index < -0.39 is 11.2 Å². The fourth-order valence-electron chi connectivity index (χ4n) is 17.9. The van der Waals surface area contributed by atoms with Crippen LogP contribution in [0.4, 0.5) is 0 Å². The number of H-pyrrole nitrogens is 1. The van der Waals surface area contributed by atoms with E-state index in [1.807, 2.05) is 52.7 Å². The number of rotatable bonds is 9. The minimum absolute atomic E-state index is 0. The Balaban J connectivity index is 0.000000193. The van der Waals surface area contributed by atoms with E-state index in [1.54, 1.807) is 18.6 Å². The number of ketones is 2. The predicted molar refractivity (Wildman–Crippen MR) is 272 cm³/mol. The molecule has 8 aliphatic carbocycles. The Bertz CT molecular complexity index is 1950. The smallest absolute Gasteiger partial charge is 0.156 e.